The molecule has 1 aromatic carbocycles. The minimum absolute atomic E-state index is 0.475. The van der Waals surface area contributed by atoms with Gasteiger partial charge in [0.15, 0.2) is 0 Å². The van der Waals surface area contributed by atoms with E-state index in [-0.39, 0.29) is 0 Å². The first-order chi connectivity index (χ1) is 10.2. The summed E-state index contributed by atoms with van der Waals surface area (Å²) in [5, 5.41) is 15.0. The number of aliphatic hydroxyl groups excluding tert-OH is 1. The van der Waals surface area contributed by atoms with E-state index in [2.05, 4.69) is 44.1 Å². The maximum Gasteiger partial charge on any atom is 0.0845 e. The summed E-state index contributed by atoms with van der Waals surface area (Å²) in [6.45, 7) is 7.17. The van der Waals surface area contributed by atoms with E-state index in [4.69, 9.17) is 0 Å². The van der Waals surface area contributed by atoms with Crippen LogP contribution in [0.15, 0.2) is 35.2 Å². The lowest BCUT2D eigenvalue weighted by molar-refractivity contribution is 0.175. The summed E-state index contributed by atoms with van der Waals surface area (Å²) in [6.07, 6.45) is 1.07. The molecule has 1 heterocycles. The molecule has 4 heteroatoms. The van der Waals surface area contributed by atoms with Crippen molar-refractivity contribution in [2.75, 3.05) is 5.75 Å². The largest absolute Gasteiger partial charge is 0.388 e. The first kappa shape index (κ1) is 16.1. The maximum atomic E-state index is 10.4. The molecular formula is C17H24N2OS. The van der Waals surface area contributed by atoms with Crippen LogP contribution in [0.1, 0.15) is 43.8 Å². The van der Waals surface area contributed by atoms with Gasteiger partial charge < -0.3 is 5.11 Å². The van der Waals surface area contributed by atoms with E-state index in [0.717, 1.165) is 35.7 Å². The highest BCUT2D eigenvalue weighted by Gasteiger charge is 2.13. The molecule has 1 N–H and O–H groups in total. The molecule has 0 aliphatic carbocycles. The van der Waals surface area contributed by atoms with E-state index < -0.39 is 6.10 Å². The number of hydrogen-bond acceptors (Lipinski definition) is 3. The molecule has 0 saturated heterocycles. The topological polar surface area (TPSA) is 38.1 Å². The lowest BCUT2D eigenvalue weighted by Gasteiger charge is -2.12. The van der Waals surface area contributed by atoms with Crippen molar-refractivity contribution in [3.05, 3.63) is 47.3 Å². The number of aliphatic hydroxyl groups is 1. The summed E-state index contributed by atoms with van der Waals surface area (Å²) >= 11 is 1.82. The van der Waals surface area contributed by atoms with Crippen LogP contribution in [-0.4, -0.2) is 20.6 Å². The number of thioether (sulfide) groups is 1. The van der Waals surface area contributed by atoms with E-state index in [1.807, 2.05) is 28.6 Å². The van der Waals surface area contributed by atoms with Gasteiger partial charge in [0.05, 0.1) is 11.8 Å². The summed E-state index contributed by atoms with van der Waals surface area (Å²) in [5.74, 6) is 1.07. The lowest BCUT2D eigenvalue weighted by Crippen LogP contribution is -2.08. The monoisotopic (exact) mass is 304 g/mol. The number of benzene rings is 1. The molecule has 0 fully saturated rings. The van der Waals surface area contributed by atoms with Crippen molar-refractivity contribution < 1.29 is 5.11 Å². The zero-order chi connectivity index (χ0) is 15.2. The van der Waals surface area contributed by atoms with E-state index >= 15 is 0 Å². The van der Waals surface area contributed by atoms with Crippen LogP contribution in [0.25, 0.3) is 0 Å². The molecule has 0 bridgehead atoms. The fraction of sp³-hybridized carbons (Fsp3) is 0.471. The van der Waals surface area contributed by atoms with Crippen molar-refractivity contribution in [3.8, 4) is 0 Å². The molecule has 2 rings (SSSR count). The van der Waals surface area contributed by atoms with Gasteiger partial charge in [-0.2, -0.15) is 5.10 Å². The molecular weight excluding hydrogens is 280 g/mol. The molecule has 1 unspecified atom stereocenters. The Morgan fingerprint density at radius 2 is 1.90 bits per heavy atom. The van der Waals surface area contributed by atoms with Gasteiger partial charge >= 0.3 is 0 Å². The fourth-order valence-corrected chi connectivity index (χ4v) is 3.06. The van der Waals surface area contributed by atoms with Crippen LogP contribution in [0, 0.1) is 0 Å². The third-order valence-corrected chi connectivity index (χ3v) is 4.45. The fourth-order valence-electron chi connectivity index (χ4n) is 2.39. The van der Waals surface area contributed by atoms with E-state index in [1.165, 1.54) is 4.90 Å². The quantitative estimate of drug-likeness (QED) is 0.790. The highest BCUT2D eigenvalue weighted by Crippen LogP contribution is 2.23. The van der Waals surface area contributed by atoms with Gasteiger partial charge in [0.2, 0.25) is 0 Å². The van der Waals surface area contributed by atoms with Gasteiger partial charge in [0.25, 0.3) is 0 Å². The SMILES string of the molecule is CCSc1ccc(C(O)Cc2cc(CC)nn2CC)cc1. The molecule has 0 aliphatic heterocycles. The molecule has 114 valence electrons. The van der Waals surface area contributed by atoms with Gasteiger partial charge in [-0.25, -0.2) is 0 Å². The lowest BCUT2D eigenvalue weighted by atomic mass is 10.0. The highest BCUT2D eigenvalue weighted by molar-refractivity contribution is 7.99. The number of rotatable bonds is 7. The molecule has 21 heavy (non-hydrogen) atoms. The number of aryl methyl sites for hydroxylation is 2. The van der Waals surface area contributed by atoms with Crippen LogP contribution in [0.5, 0.6) is 0 Å². The Kier molecular flexibility index (Phi) is 5.88. The van der Waals surface area contributed by atoms with Crippen molar-refractivity contribution in [2.45, 2.75) is 51.2 Å². The van der Waals surface area contributed by atoms with E-state index in [1.54, 1.807) is 0 Å². The first-order valence-corrected chi connectivity index (χ1v) is 8.62. The van der Waals surface area contributed by atoms with Crippen molar-refractivity contribution in [1.29, 1.82) is 0 Å². The third kappa shape index (κ3) is 4.11. The van der Waals surface area contributed by atoms with E-state index in [9.17, 15) is 5.11 Å². The molecule has 0 aliphatic rings. The summed E-state index contributed by atoms with van der Waals surface area (Å²) < 4.78 is 1.99. The minimum Gasteiger partial charge on any atom is -0.388 e. The molecule has 2 aromatic rings. The Hall–Kier alpha value is -1.26. The Labute approximate surface area is 131 Å². The summed E-state index contributed by atoms with van der Waals surface area (Å²) in [5.41, 5.74) is 3.17. The highest BCUT2D eigenvalue weighted by atomic mass is 32.2. The number of aromatic nitrogens is 2. The molecule has 0 spiro atoms. The average Bonchev–Trinajstić information content (AvgIpc) is 2.90. The second-order valence-corrected chi connectivity index (χ2v) is 6.36. The van der Waals surface area contributed by atoms with Gasteiger partial charge in [-0.3, -0.25) is 4.68 Å². The van der Waals surface area contributed by atoms with Crippen LogP contribution < -0.4 is 0 Å². The van der Waals surface area contributed by atoms with Gasteiger partial charge in [0, 0.05) is 23.6 Å². The average molecular weight is 304 g/mol. The normalized spacial score (nSPS) is 12.6. The molecule has 0 radical (unpaired) electrons. The predicted octanol–water partition coefficient (Wildman–Crippen LogP) is 3.85. The second-order valence-electron chi connectivity index (χ2n) is 5.02. The van der Waals surface area contributed by atoms with Crippen molar-refractivity contribution in [2.24, 2.45) is 0 Å². The van der Waals surface area contributed by atoms with Crippen molar-refractivity contribution in [1.82, 2.24) is 9.78 Å². The molecule has 1 aromatic heterocycles. The molecule has 1 atom stereocenters. The molecule has 0 saturated carbocycles. The van der Waals surface area contributed by atoms with Gasteiger partial charge in [-0.1, -0.05) is 26.0 Å². The summed E-state index contributed by atoms with van der Waals surface area (Å²) in [6, 6.07) is 10.3. The number of nitrogens with zero attached hydrogens (tertiary/aromatic N) is 2. The van der Waals surface area contributed by atoms with Gasteiger partial charge in [0.1, 0.15) is 0 Å². The maximum absolute atomic E-state index is 10.4. The first-order valence-electron chi connectivity index (χ1n) is 7.64. The second kappa shape index (κ2) is 7.66. The number of hydrogen-bond donors (Lipinski definition) is 1. The van der Waals surface area contributed by atoms with Gasteiger partial charge in [-0.15, -0.1) is 11.8 Å². The van der Waals surface area contributed by atoms with Crippen molar-refractivity contribution >= 4 is 11.8 Å². The Balaban J connectivity index is 2.09. The Morgan fingerprint density at radius 3 is 2.48 bits per heavy atom. The van der Waals surface area contributed by atoms with Crippen LogP contribution in [0.4, 0.5) is 0 Å². The van der Waals surface area contributed by atoms with Crippen LogP contribution in [-0.2, 0) is 19.4 Å². The minimum atomic E-state index is -0.475. The summed E-state index contributed by atoms with van der Waals surface area (Å²) in [7, 11) is 0. The Bertz CT molecular complexity index is 563. The smallest absolute Gasteiger partial charge is 0.0845 e. The standard InChI is InChI=1S/C17H24N2OS/c1-4-14-11-15(19(5-2)18-14)12-17(20)13-7-9-16(10-8-13)21-6-3/h7-11,17,20H,4-6,12H2,1-3H3. The van der Waals surface area contributed by atoms with Crippen LogP contribution >= 0.6 is 11.8 Å². The van der Waals surface area contributed by atoms with Gasteiger partial charge in [-0.05, 0) is 42.9 Å². The van der Waals surface area contributed by atoms with Crippen molar-refractivity contribution in [3.63, 3.8) is 0 Å². The summed E-state index contributed by atoms with van der Waals surface area (Å²) in [4.78, 5) is 1.25. The molecule has 3 nitrogen and oxygen atoms in total. The zero-order valence-electron chi connectivity index (χ0n) is 13.0. The third-order valence-electron chi connectivity index (χ3n) is 3.55. The predicted molar refractivity (Wildman–Crippen MR) is 88.8 cm³/mol. The zero-order valence-corrected chi connectivity index (χ0v) is 13.9. The Morgan fingerprint density at radius 1 is 1.19 bits per heavy atom. The van der Waals surface area contributed by atoms with E-state index in [0.29, 0.717) is 6.42 Å². The molecule has 0 amide bonds. The van der Waals surface area contributed by atoms with Crippen LogP contribution in [0.3, 0.4) is 0 Å². The van der Waals surface area contributed by atoms with Crippen LogP contribution in [0.2, 0.25) is 0 Å².